The zero-order valence-corrected chi connectivity index (χ0v) is 16.0. The Morgan fingerprint density at radius 1 is 0.964 bits per heavy atom. The lowest BCUT2D eigenvalue weighted by Gasteiger charge is -2.15. The number of hydrogen-bond donors (Lipinski definition) is 0. The van der Waals surface area contributed by atoms with Crippen LogP contribution in [0, 0.1) is 13.8 Å². The molecule has 0 bridgehead atoms. The van der Waals surface area contributed by atoms with Gasteiger partial charge in [-0.1, -0.05) is 35.5 Å². The van der Waals surface area contributed by atoms with Crippen LogP contribution in [-0.2, 0) is 6.54 Å². The van der Waals surface area contributed by atoms with Gasteiger partial charge in [-0.2, -0.15) is 0 Å². The van der Waals surface area contributed by atoms with E-state index in [-0.39, 0.29) is 5.91 Å². The lowest BCUT2D eigenvalue weighted by atomic mass is 10.1. The minimum Gasteiger partial charge on any atom is -0.359 e. The smallest absolute Gasteiger partial charge is 0.254 e. The predicted molar refractivity (Wildman–Crippen MR) is 107 cm³/mol. The zero-order chi connectivity index (χ0) is 19.7. The molecular weight excluding hydrogens is 352 g/mol. The number of carbonyl (C=O) groups is 1. The van der Waals surface area contributed by atoms with Crippen LogP contribution in [0.4, 0.5) is 0 Å². The van der Waals surface area contributed by atoms with Crippen LogP contribution in [0.1, 0.15) is 27.5 Å². The molecule has 140 valence electrons. The van der Waals surface area contributed by atoms with E-state index in [0.29, 0.717) is 23.4 Å². The van der Waals surface area contributed by atoms with Crippen LogP contribution in [-0.4, -0.2) is 33.0 Å². The van der Waals surface area contributed by atoms with E-state index >= 15 is 0 Å². The van der Waals surface area contributed by atoms with Gasteiger partial charge in [0.25, 0.3) is 5.91 Å². The minimum absolute atomic E-state index is 0.111. The largest absolute Gasteiger partial charge is 0.359 e. The van der Waals surface area contributed by atoms with Crippen molar-refractivity contribution < 1.29 is 9.32 Å². The molecule has 0 spiro atoms. The Bertz CT molecular complexity index is 1150. The highest BCUT2D eigenvalue weighted by Crippen LogP contribution is 2.20. The summed E-state index contributed by atoms with van der Waals surface area (Å²) in [5.41, 5.74) is 5.55. The van der Waals surface area contributed by atoms with Crippen LogP contribution in [0.2, 0.25) is 0 Å². The molecule has 6 heteroatoms. The van der Waals surface area contributed by atoms with E-state index in [1.165, 1.54) is 0 Å². The molecule has 2 aromatic heterocycles. The van der Waals surface area contributed by atoms with Crippen molar-refractivity contribution >= 4 is 16.9 Å². The molecule has 0 aliphatic heterocycles. The second-order valence-corrected chi connectivity index (χ2v) is 6.80. The Hall–Kier alpha value is -3.54. The van der Waals surface area contributed by atoms with Crippen LogP contribution in [0.15, 0.2) is 59.1 Å². The fraction of sp³-hybridized carbons (Fsp3) is 0.182. The topological polar surface area (TPSA) is 72.1 Å². The predicted octanol–water partition coefficient (Wildman–Crippen LogP) is 4.17. The van der Waals surface area contributed by atoms with E-state index in [1.54, 1.807) is 24.1 Å². The summed E-state index contributed by atoms with van der Waals surface area (Å²) >= 11 is 0. The van der Waals surface area contributed by atoms with Crippen molar-refractivity contribution in [1.29, 1.82) is 0 Å². The molecule has 2 aromatic carbocycles. The summed E-state index contributed by atoms with van der Waals surface area (Å²) in [5, 5.41) is 4.10. The highest BCUT2D eigenvalue weighted by molar-refractivity contribution is 5.97. The summed E-state index contributed by atoms with van der Waals surface area (Å²) in [6.07, 6.45) is 0. The standard InChI is InChI=1S/C22H20N4O2/c1-14-15(2)24-21-11-17(9-10-19(21)23-14)22(27)26(3)13-18-12-20(25-28-18)16-7-5-4-6-8-16/h4-12H,13H2,1-3H3. The Balaban J connectivity index is 1.53. The van der Waals surface area contributed by atoms with Crippen molar-refractivity contribution in [3.05, 3.63) is 77.3 Å². The van der Waals surface area contributed by atoms with Crippen LogP contribution in [0.3, 0.4) is 0 Å². The van der Waals surface area contributed by atoms with Gasteiger partial charge < -0.3 is 9.42 Å². The quantitative estimate of drug-likeness (QED) is 0.537. The fourth-order valence-electron chi connectivity index (χ4n) is 3.02. The van der Waals surface area contributed by atoms with Crippen molar-refractivity contribution in [2.24, 2.45) is 0 Å². The number of fused-ring (bicyclic) bond motifs is 1. The SMILES string of the molecule is Cc1nc2ccc(C(=O)N(C)Cc3cc(-c4ccccc4)no3)cc2nc1C. The summed E-state index contributed by atoms with van der Waals surface area (Å²) in [4.78, 5) is 23.5. The molecule has 28 heavy (non-hydrogen) atoms. The van der Waals surface area contributed by atoms with Crippen molar-refractivity contribution in [2.75, 3.05) is 7.05 Å². The summed E-state index contributed by atoms with van der Waals surface area (Å²) in [7, 11) is 1.74. The van der Waals surface area contributed by atoms with E-state index in [2.05, 4.69) is 15.1 Å². The second-order valence-electron chi connectivity index (χ2n) is 6.80. The zero-order valence-electron chi connectivity index (χ0n) is 16.0. The maximum atomic E-state index is 12.8. The number of rotatable bonds is 4. The molecule has 0 N–H and O–H groups in total. The van der Waals surface area contributed by atoms with Crippen LogP contribution in [0.5, 0.6) is 0 Å². The van der Waals surface area contributed by atoms with Gasteiger partial charge in [-0.15, -0.1) is 0 Å². The highest BCUT2D eigenvalue weighted by atomic mass is 16.5. The van der Waals surface area contributed by atoms with E-state index in [1.807, 2.05) is 56.3 Å². The van der Waals surface area contributed by atoms with Gasteiger partial charge in [0.05, 0.1) is 29.0 Å². The third-order valence-electron chi connectivity index (χ3n) is 4.69. The first-order valence-corrected chi connectivity index (χ1v) is 9.03. The number of aryl methyl sites for hydroxylation is 2. The fourth-order valence-corrected chi connectivity index (χ4v) is 3.02. The summed E-state index contributed by atoms with van der Waals surface area (Å²) in [5.74, 6) is 0.515. The van der Waals surface area contributed by atoms with Crippen LogP contribution in [0.25, 0.3) is 22.3 Å². The van der Waals surface area contributed by atoms with E-state index < -0.39 is 0 Å². The molecule has 0 unspecified atom stereocenters. The maximum absolute atomic E-state index is 12.8. The number of amides is 1. The number of hydrogen-bond acceptors (Lipinski definition) is 5. The Labute approximate surface area is 162 Å². The maximum Gasteiger partial charge on any atom is 0.254 e. The Morgan fingerprint density at radius 3 is 2.43 bits per heavy atom. The van der Waals surface area contributed by atoms with Gasteiger partial charge in [-0.05, 0) is 32.0 Å². The minimum atomic E-state index is -0.111. The number of nitrogens with zero attached hydrogens (tertiary/aromatic N) is 4. The van der Waals surface area contributed by atoms with Crippen molar-refractivity contribution in [3.8, 4) is 11.3 Å². The monoisotopic (exact) mass is 372 g/mol. The summed E-state index contributed by atoms with van der Waals surface area (Å²) < 4.78 is 5.41. The van der Waals surface area contributed by atoms with Gasteiger partial charge >= 0.3 is 0 Å². The number of carbonyl (C=O) groups excluding carboxylic acids is 1. The van der Waals surface area contributed by atoms with Gasteiger partial charge in [0.2, 0.25) is 0 Å². The first-order chi connectivity index (χ1) is 13.5. The molecule has 0 radical (unpaired) electrons. The molecule has 0 saturated heterocycles. The third kappa shape index (κ3) is 3.49. The average Bonchev–Trinajstić information content (AvgIpc) is 3.17. The molecule has 6 nitrogen and oxygen atoms in total. The molecule has 0 aliphatic rings. The van der Waals surface area contributed by atoms with Gasteiger partial charge in [0.1, 0.15) is 5.69 Å². The Kier molecular flexibility index (Phi) is 4.61. The molecule has 4 aromatic rings. The molecule has 0 aliphatic carbocycles. The molecule has 1 amide bonds. The molecule has 0 atom stereocenters. The van der Waals surface area contributed by atoms with Crippen molar-refractivity contribution in [1.82, 2.24) is 20.0 Å². The van der Waals surface area contributed by atoms with Gasteiger partial charge in [-0.3, -0.25) is 4.79 Å². The highest BCUT2D eigenvalue weighted by Gasteiger charge is 2.16. The third-order valence-corrected chi connectivity index (χ3v) is 4.69. The molecular formula is C22H20N4O2. The molecule has 2 heterocycles. The molecule has 4 rings (SSSR count). The van der Waals surface area contributed by atoms with Gasteiger partial charge in [0, 0.05) is 24.2 Å². The van der Waals surface area contributed by atoms with Gasteiger partial charge in [-0.25, -0.2) is 9.97 Å². The Morgan fingerprint density at radius 2 is 1.68 bits per heavy atom. The number of aromatic nitrogens is 3. The van der Waals surface area contributed by atoms with Crippen LogP contribution < -0.4 is 0 Å². The van der Waals surface area contributed by atoms with Crippen molar-refractivity contribution in [2.45, 2.75) is 20.4 Å². The first-order valence-electron chi connectivity index (χ1n) is 9.03. The van der Waals surface area contributed by atoms with E-state index in [4.69, 9.17) is 4.52 Å². The first kappa shape index (κ1) is 17.9. The average molecular weight is 372 g/mol. The molecule has 0 fully saturated rings. The summed E-state index contributed by atoms with van der Waals surface area (Å²) in [6, 6.07) is 17.0. The number of benzene rings is 2. The van der Waals surface area contributed by atoms with Crippen LogP contribution >= 0.6 is 0 Å². The van der Waals surface area contributed by atoms with E-state index in [9.17, 15) is 4.79 Å². The normalized spacial score (nSPS) is 11.0. The molecule has 0 saturated carbocycles. The van der Waals surface area contributed by atoms with Gasteiger partial charge in [0.15, 0.2) is 5.76 Å². The lowest BCUT2D eigenvalue weighted by Crippen LogP contribution is -2.26. The van der Waals surface area contributed by atoms with Crippen molar-refractivity contribution in [3.63, 3.8) is 0 Å². The second kappa shape index (κ2) is 7.23. The summed E-state index contributed by atoms with van der Waals surface area (Å²) in [6.45, 7) is 4.17. The van der Waals surface area contributed by atoms with E-state index in [0.717, 1.165) is 28.2 Å². The lowest BCUT2D eigenvalue weighted by molar-refractivity contribution is 0.0772.